The minimum absolute atomic E-state index is 0.0245. The summed E-state index contributed by atoms with van der Waals surface area (Å²) in [7, 11) is -3.54. The third kappa shape index (κ3) is 4.22. The van der Waals surface area contributed by atoms with E-state index in [9.17, 15) is 13.2 Å². The third-order valence-corrected chi connectivity index (χ3v) is 6.70. The maximum atomic E-state index is 12.6. The van der Waals surface area contributed by atoms with E-state index in [-0.39, 0.29) is 16.8 Å². The molecule has 0 bridgehead atoms. The van der Waals surface area contributed by atoms with Gasteiger partial charge in [0.25, 0.3) is 0 Å². The van der Waals surface area contributed by atoms with E-state index in [2.05, 4.69) is 16.5 Å². The summed E-state index contributed by atoms with van der Waals surface area (Å²) in [6.45, 7) is 7.29. The molecule has 1 N–H and O–H groups in total. The normalized spacial score (nSPS) is 19.7. The lowest BCUT2D eigenvalue weighted by atomic mass is 10.00. The molecule has 3 rings (SSSR count). The Bertz CT molecular complexity index is 742. The van der Waals surface area contributed by atoms with Crippen LogP contribution in [0.4, 0.5) is 0 Å². The molecular formula is C18H27N3O3S. The molecular weight excluding hydrogens is 338 g/mol. The van der Waals surface area contributed by atoms with Gasteiger partial charge in [0.05, 0.1) is 4.90 Å². The van der Waals surface area contributed by atoms with Gasteiger partial charge in [0.15, 0.2) is 0 Å². The Morgan fingerprint density at radius 1 is 1.20 bits per heavy atom. The summed E-state index contributed by atoms with van der Waals surface area (Å²) in [5, 5.41) is 0. The standard InChI is InChI=1S/C18H27N3O3S/c1-14(20-8-3-4-9-20)12-19-25(23,24)18-6-5-16-7-10-21(15(2)22)13-17(16)11-18/h5-6,11,14,19H,3-4,7-10,12-13H2,1-2H3. The molecule has 2 heterocycles. The van der Waals surface area contributed by atoms with E-state index in [1.807, 2.05) is 6.07 Å². The Morgan fingerprint density at radius 3 is 2.60 bits per heavy atom. The highest BCUT2D eigenvalue weighted by Crippen LogP contribution is 2.23. The van der Waals surface area contributed by atoms with Gasteiger partial charge in [-0.3, -0.25) is 9.69 Å². The zero-order valence-electron chi connectivity index (χ0n) is 15.0. The van der Waals surface area contributed by atoms with Crippen LogP contribution in [-0.2, 0) is 27.8 Å². The van der Waals surface area contributed by atoms with Gasteiger partial charge in [-0.25, -0.2) is 13.1 Å². The number of nitrogens with one attached hydrogen (secondary N) is 1. The molecule has 0 saturated carbocycles. The largest absolute Gasteiger partial charge is 0.338 e. The van der Waals surface area contributed by atoms with E-state index in [1.54, 1.807) is 24.0 Å². The van der Waals surface area contributed by atoms with Crippen LogP contribution in [0, 0.1) is 0 Å². The fraction of sp³-hybridized carbons (Fsp3) is 0.611. The van der Waals surface area contributed by atoms with Crippen LogP contribution in [0.15, 0.2) is 23.1 Å². The molecule has 2 aliphatic heterocycles. The van der Waals surface area contributed by atoms with Crippen molar-refractivity contribution in [2.45, 2.75) is 50.6 Å². The first-order valence-electron chi connectivity index (χ1n) is 8.98. The number of nitrogens with zero attached hydrogens (tertiary/aromatic N) is 2. The lowest BCUT2D eigenvalue weighted by Crippen LogP contribution is -2.40. The molecule has 7 heteroatoms. The molecule has 1 unspecified atom stereocenters. The van der Waals surface area contributed by atoms with Crippen LogP contribution in [0.2, 0.25) is 0 Å². The van der Waals surface area contributed by atoms with Gasteiger partial charge >= 0.3 is 0 Å². The number of hydrogen-bond donors (Lipinski definition) is 1. The Morgan fingerprint density at radius 2 is 1.92 bits per heavy atom. The number of likely N-dealkylation sites (tertiary alicyclic amines) is 1. The van der Waals surface area contributed by atoms with Crippen LogP contribution in [0.5, 0.6) is 0 Å². The highest BCUT2D eigenvalue weighted by Gasteiger charge is 2.23. The summed E-state index contributed by atoms with van der Waals surface area (Å²) in [5.41, 5.74) is 2.05. The lowest BCUT2D eigenvalue weighted by Gasteiger charge is -2.28. The molecule has 0 spiro atoms. The fourth-order valence-electron chi connectivity index (χ4n) is 3.59. The van der Waals surface area contributed by atoms with Gasteiger partial charge in [-0.15, -0.1) is 0 Å². The van der Waals surface area contributed by atoms with Crippen molar-refractivity contribution in [3.05, 3.63) is 29.3 Å². The molecule has 6 nitrogen and oxygen atoms in total. The van der Waals surface area contributed by atoms with Crippen molar-refractivity contribution in [1.29, 1.82) is 0 Å². The van der Waals surface area contributed by atoms with Gasteiger partial charge in [0.2, 0.25) is 15.9 Å². The Hall–Kier alpha value is -1.44. The topological polar surface area (TPSA) is 69.7 Å². The molecule has 1 aromatic carbocycles. The molecule has 1 aromatic rings. The second-order valence-corrected chi connectivity index (χ2v) is 8.83. The van der Waals surface area contributed by atoms with E-state index >= 15 is 0 Å². The number of carbonyl (C=O) groups excluding carboxylic acids is 1. The monoisotopic (exact) mass is 365 g/mol. The Labute approximate surface area is 150 Å². The summed E-state index contributed by atoms with van der Waals surface area (Å²) in [5.74, 6) is 0.0245. The molecule has 138 valence electrons. The van der Waals surface area contributed by atoms with E-state index in [4.69, 9.17) is 0 Å². The molecule has 1 saturated heterocycles. The van der Waals surface area contributed by atoms with Crippen molar-refractivity contribution < 1.29 is 13.2 Å². The quantitative estimate of drug-likeness (QED) is 0.855. The molecule has 1 fully saturated rings. The van der Waals surface area contributed by atoms with Crippen molar-refractivity contribution in [2.24, 2.45) is 0 Å². The number of fused-ring (bicyclic) bond motifs is 1. The number of rotatable bonds is 5. The lowest BCUT2D eigenvalue weighted by molar-refractivity contribution is -0.129. The minimum Gasteiger partial charge on any atom is -0.338 e. The van der Waals surface area contributed by atoms with Crippen molar-refractivity contribution in [1.82, 2.24) is 14.5 Å². The van der Waals surface area contributed by atoms with Crippen LogP contribution in [0.3, 0.4) is 0 Å². The van der Waals surface area contributed by atoms with Crippen molar-refractivity contribution >= 4 is 15.9 Å². The number of amides is 1. The van der Waals surface area contributed by atoms with Crippen LogP contribution in [0.1, 0.15) is 37.8 Å². The van der Waals surface area contributed by atoms with Crippen LogP contribution >= 0.6 is 0 Å². The first-order valence-corrected chi connectivity index (χ1v) is 10.5. The second-order valence-electron chi connectivity index (χ2n) is 7.07. The summed E-state index contributed by atoms with van der Waals surface area (Å²) in [4.78, 5) is 15.9. The van der Waals surface area contributed by atoms with Crippen molar-refractivity contribution in [2.75, 3.05) is 26.2 Å². The minimum atomic E-state index is -3.54. The molecule has 1 atom stereocenters. The van der Waals surface area contributed by atoms with E-state index in [1.165, 1.54) is 12.8 Å². The van der Waals surface area contributed by atoms with Crippen LogP contribution in [-0.4, -0.2) is 56.3 Å². The van der Waals surface area contributed by atoms with Gasteiger partial charge < -0.3 is 4.90 Å². The van der Waals surface area contributed by atoms with E-state index in [0.717, 1.165) is 30.6 Å². The average Bonchev–Trinajstić information content (AvgIpc) is 3.13. The van der Waals surface area contributed by atoms with E-state index in [0.29, 0.717) is 19.6 Å². The first-order chi connectivity index (χ1) is 11.9. The molecule has 2 aliphatic rings. The van der Waals surface area contributed by atoms with Crippen LogP contribution < -0.4 is 4.72 Å². The molecule has 1 amide bonds. The predicted molar refractivity (Wildman–Crippen MR) is 96.7 cm³/mol. The summed E-state index contributed by atoms with van der Waals surface area (Å²) < 4.78 is 28.0. The highest BCUT2D eigenvalue weighted by atomic mass is 32.2. The van der Waals surface area contributed by atoms with Crippen molar-refractivity contribution in [3.8, 4) is 0 Å². The zero-order chi connectivity index (χ0) is 18.0. The van der Waals surface area contributed by atoms with Gasteiger partial charge in [0.1, 0.15) is 0 Å². The SMILES string of the molecule is CC(=O)N1CCc2ccc(S(=O)(=O)NCC(C)N3CCCC3)cc2C1. The summed E-state index contributed by atoms with van der Waals surface area (Å²) in [6.07, 6.45) is 3.15. The van der Waals surface area contributed by atoms with Gasteiger partial charge in [0, 0.05) is 32.6 Å². The maximum absolute atomic E-state index is 12.6. The number of sulfonamides is 1. The molecule has 25 heavy (non-hydrogen) atoms. The average molecular weight is 365 g/mol. The van der Waals surface area contributed by atoms with Gasteiger partial charge in [-0.1, -0.05) is 6.07 Å². The highest BCUT2D eigenvalue weighted by molar-refractivity contribution is 7.89. The second kappa shape index (κ2) is 7.43. The summed E-state index contributed by atoms with van der Waals surface area (Å²) in [6, 6.07) is 5.46. The first kappa shape index (κ1) is 18.4. The maximum Gasteiger partial charge on any atom is 0.240 e. The van der Waals surface area contributed by atoms with Gasteiger partial charge in [-0.05, 0) is 62.5 Å². The number of hydrogen-bond acceptors (Lipinski definition) is 4. The van der Waals surface area contributed by atoms with Gasteiger partial charge in [-0.2, -0.15) is 0 Å². The fourth-order valence-corrected chi connectivity index (χ4v) is 4.77. The number of benzene rings is 1. The third-order valence-electron chi connectivity index (χ3n) is 5.28. The summed E-state index contributed by atoms with van der Waals surface area (Å²) >= 11 is 0. The van der Waals surface area contributed by atoms with E-state index < -0.39 is 10.0 Å². The van der Waals surface area contributed by atoms with Crippen LogP contribution in [0.25, 0.3) is 0 Å². The zero-order valence-corrected chi connectivity index (χ0v) is 15.8. The molecule has 0 aromatic heterocycles. The smallest absolute Gasteiger partial charge is 0.240 e. The Kier molecular flexibility index (Phi) is 5.46. The van der Waals surface area contributed by atoms with Crippen molar-refractivity contribution in [3.63, 3.8) is 0 Å². The molecule has 0 radical (unpaired) electrons. The Balaban J connectivity index is 1.70. The molecule has 0 aliphatic carbocycles. The predicted octanol–water partition coefficient (Wildman–Crippen LogP) is 1.35. The number of carbonyl (C=O) groups is 1.